The first-order valence-electron chi connectivity index (χ1n) is 5.23. The number of rotatable bonds is 3. The number of carbonyl (C=O) groups excluding carboxylic acids is 1. The zero-order valence-electron chi connectivity index (χ0n) is 8.93. The molecule has 1 saturated heterocycles. The fraction of sp³-hybridized carbons (Fsp3) is 0.500. The van der Waals surface area contributed by atoms with Crippen LogP contribution in [0.4, 0.5) is 0 Å². The largest absolute Gasteiger partial charge is 0.339 e. The van der Waals surface area contributed by atoms with Gasteiger partial charge in [0.2, 0.25) is 5.91 Å². The first kappa shape index (κ1) is 11.3. The molecule has 0 saturated carbocycles. The van der Waals surface area contributed by atoms with Crippen molar-refractivity contribution in [2.45, 2.75) is 5.03 Å². The van der Waals surface area contributed by atoms with Gasteiger partial charge in [0.25, 0.3) is 0 Å². The average molecular weight is 238 g/mol. The van der Waals surface area contributed by atoms with Crippen LogP contribution in [0.15, 0.2) is 23.6 Å². The van der Waals surface area contributed by atoms with Gasteiger partial charge in [-0.2, -0.15) is 0 Å². The lowest BCUT2D eigenvalue weighted by Gasteiger charge is -2.27. The van der Waals surface area contributed by atoms with Crippen LogP contribution in [0.25, 0.3) is 0 Å². The lowest BCUT2D eigenvalue weighted by atomic mass is 10.3. The lowest BCUT2D eigenvalue weighted by molar-refractivity contribution is -0.128. The minimum atomic E-state index is 0.185. The third-order valence-electron chi connectivity index (χ3n) is 2.37. The van der Waals surface area contributed by atoms with Gasteiger partial charge >= 0.3 is 0 Å². The van der Waals surface area contributed by atoms with Crippen molar-refractivity contribution in [3.05, 3.63) is 18.6 Å². The van der Waals surface area contributed by atoms with Gasteiger partial charge < -0.3 is 10.2 Å². The Morgan fingerprint density at radius 1 is 1.50 bits per heavy atom. The van der Waals surface area contributed by atoms with Crippen LogP contribution in [0, 0.1) is 0 Å². The smallest absolute Gasteiger partial charge is 0.233 e. The summed E-state index contributed by atoms with van der Waals surface area (Å²) in [6.45, 7) is 3.40. The van der Waals surface area contributed by atoms with E-state index in [0.717, 1.165) is 31.2 Å². The van der Waals surface area contributed by atoms with Gasteiger partial charge in [0.1, 0.15) is 6.33 Å². The Morgan fingerprint density at radius 3 is 3.00 bits per heavy atom. The van der Waals surface area contributed by atoms with Gasteiger partial charge in [0.05, 0.1) is 10.8 Å². The molecule has 2 heterocycles. The lowest BCUT2D eigenvalue weighted by Crippen LogP contribution is -2.47. The number of carbonyl (C=O) groups is 1. The molecule has 0 aromatic carbocycles. The molecule has 0 spiro atoms. The fourth-order valence-electron chi connectivity index (χ4n) is 1.51. The first-order valence-corrected chi connectivity index (χ1v) is 6.22. The zero-order valence-corrected chi connectivity index (χ0v) is 9.74. The Kier molecular flexibility index (Phi) is 4.12. The van der Waals surface area contributed by atoms with Crippen LogP contribution >= 0.6 is 11.8 Å². The Bertz CT molecular complexity index is 340. The van der Waals surface area contributed by atoms with E-state index in [1.54, 1.807) is 6.20 Å². The van der Waals surface area contributed by atoms with Crippen molar-refractivity contribution in [1.82, 2.24) is 20.2 Å². The number of amides is 1. The molecule has 0 unspecified atom stereocenters. The molecule has 6 heteroatoms. The van der Waals surface area contributed by atoms with Crippen LogP contribution in [0.1, 0.15) is 0 Å². The molecular weight excluding hydrogens is 224 g/mol. The van der Waals surface area contributed by atoms with Crippen molar-refractivity contribution >= 4 is 17.7 Å². The van der Waals surface area contributed by atoms with E-state index in [4.69, 9.17) is 0 Å². The monoisotopic (exact) mass is 238 g/mol. The molecule has 0 atom stereocenters. The molecule has 2 rings (SSSR count). The highest BCUT2D eigenvalue weighted by atomic mass is 32.2. The van der Waals surface area contributed by atoms with Gasteiger partial charge in [0, 0.05) is 32.4 Å². The van der Waals surface area contributed by atoms with E-state index >= 15 is 0 Å². The number of aromatic nitrogens is 2. The fourth-order valence-corrected chi connectivity index (χ4v) is 2.24. The maximum absolute atomic E-state index is 11.8. The Balaban J connectivity index is 1.79. The first-order chi connectivity index (χ1) is 7.86. The van der Waals surface area contributed by atoms with E-state index in [2.05, 4.69) is 15.3 Å². The molecule has 16 heavy (non-hydrogen) atoms. The summed E-state index contributed by atoms with van der Waals surface area (Å²) in [5.74, 6) is 0.641. The SMILES string of the molecule is O=C(CSc1ccncn1)N1CCNCC1. The molecule has 1 aliphatic heterocycles. The van der Waals surface area contributed by atoms with Gasteiger partial charge in [-0.1, -0.05) is 11.8 Å². The molecule has 0 radical (unpaired) electrons. The predicted octanol–water partition coefficient (Wildman–Crippen LogP) is 0.000500. The quantitative estimate of drug-likeness (QED) is 0.593. The number of hydrogen-bond acceptors (Lipinski definition) is 5. The van der Waals surface area contributed by atoms with Gasteiger partial charge in [-0.15, -0.1) is 0 Å². The second kappa shape index (κ2) is 5.81. The summed E-state index contributed by atoms with van der Waals surface area (Å²) >= 11 is 1.46. The molecule has 0 bridgehead atoms. The summed E-state index contributed by atoms with van der Waals surface area (Å²) in [6, 6.07) is 1.82. The summed E-state index contributed by atoms with van der Waals surface area (Å²) in [5.41, 5.74) is 0. The van der Waals surface area contributed by atoms with Crippen molar-refractivity contribution in [2.75, 3.05) is 31.9 Å². The van der Waals surface area contributed by atoms with Crippen LogP contribution in [-0.4, -0.2) is 52.7 Å². The van der Waals surface area contributed by atoms with Crippen molar-refractivity contribution in [1.29, 1.82) is 0 Å². The molecular formula is C10H14N4OS. The van der Waals surface area contributed by atoms with Crippen LogP contribution in [0.5, 0.6) is 0 Å². The van der Waals surface area contributed by atoms with Gasteiger partial charge in [0.15, 0.2) is 0 Å². The van der Waals surface area contributed by atoms with Gasteiger partial charge in [-0.3, -0.25) is 4.79 Å². The standard InChI is InChI=1S/C10H14N4OS/c15-10(14-5-3-11-4-6-14)7-16-9-1-2-12-8-13-9/h1-2,8,11H,3-7H2. The summed E-state index contributed by atoms with van der Waals surface area (Å²) in [4.78, 5) is 21.6. The third kappa shape index (κ3) is 3.18. The van der Waals surface area contributed by atoms with E-state index in [9.17, 15) is 4.79 Å². The molecule has 1 aliphatic rings. The number of nitrogens with zero attached hydrogens (tertiary/aromatic N) is 3. The maximum atomic E-state index is 11.8. The van der Waals surface area contributed by atoms with E-state index < -0.39 is 0 Å². The van der Waals surface area contributed by atoms with Crippen molar-refractivity contribution in [3.63, 3.8) is 0 Å². The molecule has 1 aromatic heterocycles. The van der Waals surface area contributed by atoms with Crippen molar-refractivity contribution in [3.8, 4) is 0 Å². The number of hydrogen-bond donors (Lipinski definition) is 1. The van der Waals surface area contributed by atoms with Gasteiger partial charge in [-0.25, -0.2) is 9.97 Å². The number of thioether (sulfide) groups is 1. The normalized spacial score (nSPS) is 16.1. The summed E-state index contributed by atoms with van der Waals surface area (Å²) in [6.07, 6.45) is 3.18. The maximum Gasteiger partial charge on any atom is 0.233 e. The van der Waals surface area contributed by atoms with E-state index in [1.807, 2.05) is 11.0 Å². The number of nitrogens with one attached hydrogen (secondary N) is 1. The molecule has 0 aliphatic carbocycles. The summed E-state index contributed by atoms with van der Waals surface area (Å²) < 4.78 is 0. The van der Waals surface area contributed by atoms with Crippen molar-refractivity contribution in [2.24, 2.45) is 0 Å². The molecule has 1 amide bonds. The Morgan fingerprint density at radius 2 is 2.31 bits per heavy atom. The summed E-state index contributed by atoms with van der Waals surface area (Å²) in [7, 11) is 0. The van der Waals surface area contributed by atoms with Crippen LogP contribution in [0.3, 0.4) is 0 Å². The highest BCUT2D eigenvalue weighted by Gasteiger charge is 2.15. The Labute approximate surface area is 98.6 Å². The van der Waals surface area contributed by atoms with Crippen LogP contribution in [-0.2, 0) is 4.79 Å². The summed E-state index contributed by atoms with van der Waals surface area (Å²) in [5, 5.41) is 4.07. The van der Waals surface area contributed by atoms with E-state index in [-0.39, 0.29) is 5.91 Å². The second-order valence-electron chi connectivity index (χ2n) is 3.47. The molecule has 1 aromatic rings. The Hall–Kier alpha value is -1.14. The topological polar surface area (TPSA) is 58.1 Å². The molecule has 1 fully saturated rings. The predicted molar refractivity (Wildman–Crippen MR) is 62.2 cm³/mol. The molecule has 1 N–H and O–H groups in total. The third-order valence-corrected chi connectivity index (χ3v) is 3.30. The highest BCUT2D eigenvalue weighted by Crippen LogP contribution is 2.13. The van der Waals surface area contributed by atoms with Crippen LogP contribution < -0.4 is 5.32 Å². The second-order valence-corrected chi connectivity index (χ2v) is 4.46. The molecule has 86 valence electrons. The van der Waals surface area contributed by atoms with Crippen LogP contribution in [0.2, 0.25) is 0 Å². The molecule has 5 nitrogen and oxygen atoms in total. The minimum Gasteiger partial charge on any atom is -0.339 e. The van der Waals surface area contributed by atoms with Crippen molar-refractivity contribution < 1.29 is 4.79 Å². The highest BCUT2D eigenvalue weighted by molar-refractivity contribution is 7.99. The minimum absolute atomic E-state index is 0.185. The average Bonchev–Trinajstić information content (AvgIpc) is 2.38. The zero-order chi connectivity index (χ0) is 11.2. The van der Waals surface area contributed by atoms with E-state index in [0.29, 0.717) is 5.75 Å². The van der Waals surface area contributed by atoms with E-state index in [1.165, 1.54) is 18.1 Å². The van der Waals surface area contributed by atoms with Gasteiger partial charge in [-0.05, 0) is 6.07 Å². The number of piperazine rings is 1.